The average Bonchev–Trinajstić information content (AvgIpc) is 3.48. The smallest absolute Gasteiger partial charge is 0.191 e. The number of ether oxygens (including phenoxy) is 3. The summed E-state index contributed by atoms with van der Waals surface area (Å²) >= 11 is 0. The molecule has 0 spiro atoms. The molecule has 0 saturated carbocycles. The fourth-order valence-corrected chi connectivity index (χ4v) is 4.03. The second-order valence-corrected chi connectivity index (χ2v) is 7.89. The van der Waals surface area contributed by atoms with Crippen molar-refractivity contribution in [3.8, 4) is 5.75 Å². The van der Waals surface area contributed by atoms with Crippen LogP contribution in [-0.4, -0.2) is 76.6 Å². The number of benzene rings is 1. The van der Waals surface area contributed by atoms with Gasteiger partial charge in [0.15, 0.2) is 5.96 Å². The standard InChI is InChI=1S/C23H38N4O3.HI/c1-3-24-23(25-11-7-14-30-21-10-15-29-18-21)26-17-22(27-12-4-5-13-27)19-8-6-9-20(16-19)28-2;/h6,8-9,16,21-22H,3-5,7,10-15,17-18H2,1-2H3,(H2,24,25,26);1H. The fourth-order valence-electron chi connectivity index (χ4n) is 4.03. The van der Waals surface area contributed by atoms with E-state index in [2.05, 4.69) is 40.7 Å². The highest BCUT2D eigenvalue weighted by atomic mass is 127. The number of nitrogens with zero attached hydrogens (tertiary/aromatic N) is 2. The SMILES string of the molecule is CCNC(=NCC(c1cccc(OC)c1)N1CCCC1)NCCCOC1CCOC1.I. The van der Waals surface area contributed by atoms with Crippen molar-refractivity contribution in [2.24, 2.45) is 4.99 Å². The molecule has 2 aliphatic heterocycles. The summed E-state index contributed by atoms with van der Waals surface area (Å²) in [5.41, 5.74) is 1.27. The number of methoxy groups -OCH3 is 1. The van der Waals surface area contributed by atoms with Gasteiger partial charge in [0.2, 0.25) is 0 Å². The van der Waals surface area contributed by atoms with Gasteiger partial charge in [0.05, 0.1) is 32.4 Å². The van der Waals surface area contributed by atoms with Crippen LogP contribution >= 0.6 is 24.0 Å². The van der Waals surface area contributed by atoms with Crippen LogP contribution in [0, 0.1) is 0 Å². The van der Waals surface area contributed by atoms with E-state index < -0.39 is 0 Å². The van der Waals surface area contributed by atoms with Crippen molar-refractivity contribution in [1.82, 2.24) is 15.5 Å². The summed E-state index contributed by atoms with van der Waals surface area (Å²) in [4.78, 5) is 7.46. The van der Waals surface area contributed by atoms with E-state index in [0.29, 0.717) is 0 Å². The van der Waals surface area contributed by atoms with Crippen LogP contribution in [0.4, 0.5) is 0 Å². The molecule has 2 heterocycles. The van der Waals surface area contributed by atoms with E-state index >= 15 is 0 Å². The third-order valence-electron chi connectivity index (χ3n) is 5.68. The Morgan fingerprint density at radius 1 is 1.29 bits per heavy atom. The molecule has 2 atom stereocenters. The van der Waals surface area contributed by atoms with Crippen LogP contribution in [0.15, 0.2) is 29.3 Å². The molecule has 0 bridgehead atoms. The Bertz CT molecular complexity index is 649. The van der Waals surface area contributed by atoms with Gasteiger partial charge in [-0.25, -0.2) is 0 Å². The Morgan fingerprint density at radius 2 is 2.13 bits per heavy atom. The van der Waals surface area contributed by atoms with Gasteiger partial charge in [-0.15, -0.1) is 24.0 Å². The van der Waals surface area contributed by atoms with Gasteiger partial charge in [-0.1, -0.05) is 12.1 Å². The quantitative estimate of drug-likeness (QED) is 0.192. The van der Waals surface area contributed by atoms with E-state index in [4.69, 9.17) is 19.2 Å². The van der Waals surface area contributed by atoms with E-state index in [1.165, 1.54) is 18.4 Å². The largest absolute Gasteiger partial charge is 0.497 e. The minimum atomic E-state index is 0. The maximum Gasteiger partial charge on any atom is 0.191 e. The minimum absolute atomic E-state index is 0. The van der Waals surface area contributed by atoms with Crippen molar-refractivity contribution in [3.63, 3.8) is 0 Å². The number of likely N-dealkylation sites (tertiary alicyclic amines) is 1. The van der Waals surface area contributed by atoms with Crippen LogP contribution in [0.1, 0.15) is 44.2 Å². The summed E-state index contributed by atoms with van der Waals surface area (Å²) in [6.07, 6.45) is 4.76. The van der Waals surface area contributed by atoms with E-state index in [9.17, 15) is 0 Å². The van der Waals surface area contributed by atoms with Gasteiger partial charge in [-0.2, -0.15) is 0 Å². The normalized spacial score (nSPS) is 20.3. The average molecular weight is 546 g/mol. The van der Waals surface area contributed by atoms with Crippen LogP contribution in [0.25, 0.3) is 0 Å². The Kier molecular flexibility index (Phi) is 12.5. The van der Waals surface area contributed by atoms with Gasteiger partial charge in [0.1, 0.15) is 5.75 Å². The summed E-state index contributed by atoms with van der Waals surface area (Å²) < 4.78 is 16.6. The zero-order valence-electron chi connectivity index (χ0n) is 19.0. The molecule has 2 aliphatic rings. The molecule has 0 amide bonds. The molecule has 7 nitrogen and oxygen atoms in total. The molecule has 1 aromatic rings. The first kappa shape index (κ1) is 26.2. The zero-order chi connectivity index (χ0) is 21.0. The lowest BCUT2D eigenvalue weighted by Crippen LogP contribution is -2.39. The number of aliphatic imine (C=N–C) groups is 1. The van der Waals surface area contributed by atoms with Crippen molar-refractivity contribution < 1.29 is 14.2 Å². The first-order valence-electron chi connectivity index (χ1n) is 11.4. The predicted octanol–water partition coefficient (Wildman–Crippen LogP) is 3.20. The number of guanidine groups is 1. The second kappa shape index (κ2) is 14.9. The van der Waals surface area contributed by atoms with E-state index in [1.807, 2.05) is 6.07 Å². The molecule has 176 valence electrons. The number of halogens is 1. The fraction of sp³-hybridized carbons (Fsp3) is 0.696. The molecule has 31 heavy (non-hydrogen) atoms. The molecule has 2 unspecified atom stereocenters. The van der Waals surface area contributed by atoms with Crippen LogP contribution in [0.3, 0.4) is 0 Å². The van der Waals surface area contributed by atoms with Gasteiger partial charge >= 0.3 is 0 Å². The van der Waals surface area contributed by atoms with Gasteiger partial charge in [-0.05, 0) is 63.4 Å². The number of rotatable bonds is 11. The van der Waals surface area contributed by atoms with Crippen LogP contribution < -0.4 is 15.4 Å². The first-order valence-corrected chi connectivity index (χ1v) is 11.4. The lowest BCUT2D eigenvalue weighted by Gasteiger charge is -2.27. The third kappa shape index (κ3) is 8.75. The molecule has 2 fully saturated rings. The van der Waals surface area contributed by atoms with Crippen LogP contribution in [0.2, 0.25) is 0 Å². The third-order valence-corrected chi connectivity index (χ3v) is 5.68. The van der Waals surface area contributed by atoms with Crippen LogP contribution in [0.5, 0.6) is 5.75 Å². The van der Waals surface area contributed by atoms with E-state index in [-0.39, 0.29) is 36.1 Å². The molecule has 0 radical (unpaired) electrons. The zero-order valence-corrected chi connectivity index (χ0v) is 21.3. The van der Waals surface area contributed by atoms with Gasteiger partial charge in [-0.3, -0.25) is 9.89 Å². The summed E-state index contributed by atoms with van der Waals surface area (Å²) in [5, 5.41) is 6.82. The van der Waals surface area contributed by atoms with E-state index in [1.54, 1.807) is 7.11 Å². The summed E-state index contributed by atoms with van der Waals surface area (Å²) in [7, 11) is 1.72. The highest BCUT2D eigenvalue weighted by Crippen LogP contribution is 2.27. The Morgan fingerprint density at radius 3 is 2.84 bits per heavy atom. The maximum atomic E-state index is 5.85. The van der Waals surface area contributed by atoms with Gasteiger partial charge in [0.25, 0.3) is 0 Å². The topological polar surface area (TPSA) is 67.4 Å². The number of nitrogens with one attached hydrogen (secondary N) is 2. The van der Waals surface area contributed by atoms with Crippen molar-refractivity contribution in [2.45, 2.75) is 44.8 Å². The summed E-state index contributed by atoms with van der Waals surface area (Å²) in [5.74, 6) is 1.77. The number of hydrogen-bond acceptors (Lipinski definition) is 5. The Labute approximate surface area is 204 Å². The van der Waals surface area contributed by atoms with Crippen molar-refractivity contribution >= 4 is 29.9 Å². The molecule has 2 N–H and O–H groups in total. The van der Waals surface area contributed by atoms with Gasteiger partial charge in [0, 0.05) is 26.3 Å². The van der Waals surface area contributed by atoms with E-state index in [0.717, 1.165) is 77.1 Å². The Hall–Kier alpha value is -1.10. The lowest BCUT2D eigenvalue weighted by atomic mass is 10.1. The molecule has 0 aliphatic carbocycles. The monoisotopic (exact) mass is 546 g/mol. The molecular weight excluding hydrogens is 507 g/mol. The molecular formula is C23H39IN4O3. The highest BCUT2D eigenvalue weighted by molar-refractivity contribution is 14.0. The van der Waals surface area contributed by atoms with Crippen LogP contribution in [-0.2, 0) is 9.47 Å². The van der Waals surface area contributed by atoms with Crippen molar-refractivity contribution in [2.75, 3.05) is 59.7 Å². The van der Waals surface area contributed by atoms with Gasteiger partial charge < -0.3 is 24.8 Å². The maximum absolute atomic E-state index is 5.85. The minimum Gasteiger partial charge on any atom is -0.497 e. The number of hydrogen-bond donors (Lipinski definition) is 2. The molecule has 2 saturated heterocycles. The lowest BCUT2D eigenvalue weighted by molar-refractivity contribution is 0.0420. The Balaban J connectivity index is 0.00000341. The summed E-state index contributed by atoms with van der Waals surface area (Å²) in [6.45, 7) is 9.07. The highest BCUT2D eigenvalue weighted by Gasteiger charge is 2.24. The predicted molar refractivity (Wildman–Crippen MR) is 136 cm³/mol. The van der Waals surface area contributed by atoms with Crippen molar-refractivity contribution in [3.05, 3.63) is 29.8 Å². The molecule has 1 aromatic carbocycles. The van der Waals surface area contributed by atoms with Crippen molar-refractivity contribution in [1.29, 1.82) is 0 Å². The molecule has 3 rings (SSSR count). The molecule has 8 heteroatoms. The second-order valence-electron chi connectivity index (χ2n) is 7.89. The summed E-state index contributed by atoms with van der Waals surface area (Å²) in [6, 6.07) is 8.66. The molecule has 0 aromatic heterocycles. The first-order chi connectivity index (χ1) is 14.8.